The number of nitrogens with one attached hydrogen (secondary N) is 1. The highest BCUT2D eigenvalue weighted by Crippen LogP contribution is 2.35. The highest BCUT2D eigenvalue weighted by Gasteiger charge is 2.16. The molecule has 2 aromatic heterocycles. The average Bonchev–Trinajstić information content (AvgIpc) is 2.68. The van der Waals surface area contributed by atoms with Gasteiger partial charge in [-0.2, -0.15) is 5.21 Å². The molecule has 0 atom stereocenters. The van der Waals surface area contributed by atoms with Crippen molar-refractivity contribution in [3.63, 3.8) is 0 Å². The summed E-state index contributed by atoms with van der Waals surface area (Å²) in [4.78, 5) is 4.43. The molecule has 2 aromatic rings. The third kappa shape index (κ3) is 2.75. The van der Waals surface area contributed by atoms with E-state index in [-0.39, 0.29) is 4.75 Å². The van der Waals surface area contributed by atoms with E-state index in [9.17, 15) is 0 Å². The number of aromatic nitrogens is 5. The van der Waals surface area contributed by atoms with E-state index in [4.69, 9.17) is 0 Å². The Balaban J connectivity index is 2.18. The molecule has 2 heterocycles. The summed E-state index contributed by atoms with van der Waals surface area (Å²) in [5.41, 5.74) is 0.778. The lowest BCUT2D eigenvalue weighted by atomic mass is 10.3. The molecule has 0 saturated carbocycles. The van der Waals surface area contributed by atoms with Crippen LogP contribution in [0.5, 0.6) is 0 Å². The number of rotatable bonds is 2. The molecule has 5 nitrogen and oxygen atoms in total. The first-order chi connectivity index (χ1) is 7.04. The SMILES string of the molecule is CC(C)(C)Sc1nc(-c2nn[nH]n2)cs1. The van der Waals surface area contributed by atoms with E-state index in [1.54, 1.807) is 23.1 Å². The third-order valence-corrected chi connectivity index (χ3v) is 3.50. The van der Waals surface area contributed by atoms with Gasteiger partial charge < -0.3 is 0 Å². The molecule has 0 saturated heterocycles. The Bertz CT molecular complexity index is 428. The molecule has 0 fully saturated rings. The molecular weight excluding hydrogens is 230 g/mol. The number of hydrogen-bond donors (Lipinski definition) is 1. The zero-order chi connectivity index (χ0) is 10.9. The van der Waals surface area contributed by atoms with Crippen LogP contribution in [0.4, 0.5) is 0 Å². The fourth-order valence-electron chi connectivity index (χ4n) is 0.939. The maximum Gasteiger partial charge on any atom is 0.223 e. The molecule has 0 spiro atoms. The van der Waals surface area contributed by atoms with E-state index >= 15 is 0 Å². The Hall–Kier alpha value is -0.950. The second-order valence-electron chi connectivity index (χ2n) is 3.95. The average molecular weight is 241 g/mol. The molecule has 0 radical (unpaired) electrons. The van der Waals surface area contributed by atoms with Crippen LogP contribution in [-0.2, 0) is 0 Å². The van der Waals surface area contributed by atoms with E-state index < -0.39 is 0 Å². The van der Waals surface area contributed by atoms with Crippen molar-refractivity contribution >= 4 is 23.1 Å². The fourth-order valence-corrected chi connectivity index (χ4v) is 3.22. The highest BCUT2D eigenvalue weighted by molar-refractivity contribution is 8.02. The van der Waals surface area contributed by atoms with Crippen molar-refractivity contribution in [3.05, 3.63) is 5.38 Å². The van der Waals surface area contributed by atoms with Gasteiger partial charge in [0.2, 0.25) is 5.82 Å². The Morgan fingerprint density at radius 1 is 1.40 bits per heavy atom. The van der Waals surface area contributed by atoms with E-state index in [0.29, 0.717) is 5.82 Å². The maximum atomic E-state index is 4.43. The number of thioether (sulfide) groups is 1. The van der Waals surface area contributed by atoms with Crippen LogP contribution in [0.3, 0.4) is 0 Å². The zero-order valence-electron chi connectivity index (χ0n) is 8.68. The fraction of sp³-hybridized carbons (Fsp3) is 0.500. The minimum atomic E-state index is 0.173. The number of aromatic amines is 1. The molecule has 0 bridgehead atoms. The normalized spacial score (nSPS) is 11.9. The van der Waals surface area contributed by atoms with Gasteiger partial charge in [-0.15, -0.1) is 21.5 Å². The van der Waals surface area contributed by atoms with Gasteiger partial charge in [0.15, 0.2) is 4.34 Å². The standard InChI is InChI=1S/C8H11N5S2/c1-8(2,3)15-7-9-5(4-14-7)6-10-12-13-11-6/h4H,1-3H3,(H,10,11,12,13). The quantitative estimate of drug-likeness (QED) is 0.816. The van der Waals surface area contributed by atoms with E-state index in [1.165, 1.54) is 0 Å². The Labute approximate surface area is 95.7 Å². The first kappa shape index (κ1) is 10.6. The first-order valence-corrected chi connectivity index (χ1v) is 6.12. The topological polar surface area (TPSA) is 67.3 Å². The van der Waals surface area contributed by atoms with Gasteiger partial charge in [0.05, 0.1) is 0 Å². The highest BCUT2D eigenvalue weighted by atomic mass is 32.2. The lowest BCUT2D eigenvalue weighted by Gasteiger charge is -2.14. The van der Waals surface area contributed by atoms with Crippen molar-refractivity contribution in [2.45, 2.75) is 29.9 Å². The van der Waals surface area contributed by atoms with Crippen molar-refractivity contribution in [1.82, 2.24) is 25.6 Å². The summed E-state index contributed by atoms with van der Waals surface area (Å²) in [5.74, 6) is 0.548. The predicted octanol–water partition coefficient (Wildman–Crippen LogP) is 2.21. The van der Waals surface area contributed by atoms with Crippen LogP contribution in [0, 0.1) is 0 Å². The molecule has 0 aliphatic carbocycles. The summed E-state index contributed by atoms with van der Waals surface area (Å²) >= 11 is 3.34. The molecule has 0 aromatic carbocycles. The van der Waals surface area contributed by atoms with Gasteiger partial charge in [-0.25, -0.2) is 4.98 Å². The second-order valence-corrected chi connectivity index (χ2v) is 6.88. The van der Waals surface area contributed by atoms with Gasteiger partial charge in [0.1, 0.15) is 5.69 Å². The molecule has 0 aliphatic rings. The predicted molar refractivity (Wildman–Crippen MR) is 60.9 cm³/mol. The van der Waals surface area contributed by atoms with Crippen molar-refractivity contribution in [2.24, 2.45) is 0 Å². The zero-order valence-corrected chi connectivity index (χ0v) is 10.3. The molecule has 0 aliphatic heterocycles. The monoisotopic (exact) mass is 241 g/mol. The molecule has 15 heavy (non-hydrogen) atoms. The Kier molecular flexibility index (Phi) is 2.74. The summed E-state index contributed by atoms with van der Waals surface area (Å²) in [7, 11) is 0. The van der Waals surface area contributed by atoms with Gasteiger partial charge >= 0.3 is 0 Å². The number of thiazole rings is 1. The van der Waals surface area contributed by atoms with E-state index in [0.717, 1.165) is 10.0 Å². The Morgan fingerprint density at radius 2 is 2.20 bits per heavy atom. The van der Waals surface area contributed by atoms with Gasteiger partial charge in [-0.1, -0.05) is 32.5 Å². The number of H-pyrrole nitrogens is 1. The second kappa shape index (κ2) is 3.90. The largest absolute Gasteiger partial charge is 0.226 e. The van der Waals surface area contributed by atoms with Crippen molar-refractivity contribution in [1.29, 1.82) is 0 Å². The maximum absolute atomic E-state index is 4.43. The molecule has 1 N–H and O–H groups in total. The van der Waals surface area contributed by atoms with Crippen molar-refractivity contribution < 1.29 is 0 Å². The third-order valence-electron chi connectivity index (χ3n) is 1.45. The van der Waals surface area contributed by atoms with E-state index in [2.05, 4.69) is 46.4 Å². The minimum absolute atomic E-state index is 0.173. The molecule has 80 valence electrons. The number of nitrogens with zero attached hydrogens (tertiary/aromatic N) is 4. The van der Waals surface area contributed by atoms with Crippen molar-refractivity contribution in [2.75, 3.05) is 0 Å². The molecular formula is C8H11N5S2. The lowest BCUT2D eigenvalue weighted by Crippen LogP contribution is -2.06. The van der Waals surface area contributed by atoms with Gasteiger partial charge in [-0.05, 0) is 5.21 Å². The van der Waals surface area contributed by atoms with Crippen LogP contribution in [0.15, 0.2) is 9.72 Å². The molecule has 7 heteroatoms. The van der Waals surface area contributed by atoms with Crippen LogP contribution < -0.4 is 0 Å². The number of hydrogen-bond acceptors (Lipinski definition) is 6. The van der Waals surface area contributed by atoms with Gasteiger partial charge in [-0.3, -0.25) is 0 Å². The first-order valence-electron chi connectivity index (χ1n) is 4.43. The number of tetrazole rings is 1. The summed E-state index contributed by atoms with van der Waals surface area (Å²) in [6.45, 7) is 6.48. The molecule has 0 unspecified atom stereocenters. The van der Waals surface area contributed by atoms with E-state index in [1.807, 2.05) is 5.38 Å². The lowest BCUT2D eigenvalue weighted by molar-refractivity contribution is 0.802. The Morgan fingerprint density at radius 3 is 2.80 bits per heavy atom. The van der Waals surface area contributed by atoms with Gasteiger partial charge in [0.25, 0.3) is 0 Å². The van der Waals surface area contributed by atoms with Crippen LogP contribution in [0.1, 0.15) is 20.8 Å². The summed E-state index contributed by atoms with van der Waals surface area (Å²) in [5, 5.41) is 15.6. The molecule has 0 amide bonds. The molecule has 2 rings (SSSR count). The summed E-state index contributed by atoms with van der Waals surface area (Å²) < 4.78 is 1.20. The van der Waals surface area contributed by atoms with Crippen LogP contribution in [-0.4, -0.2) is 30.4 Å². The summed E-state index contributed by atoms with van der Waals surface area (Å²) in [6.07, 6.45) is 0. The van der Waals surface area contributed by atoms with Crippen LogP contribution in [0.25, 0.3) is 11.5 Å². The summed E-state index contributed by atoms with van der Waals surface area (Å²) in [6, 6.07) is 0. The smallest absolute Gasteiger partial charge is 0.223 e. The van der Waals surface area contributed by atoms with Crippen LogP contribution >= 0.6 is 23.1 Å². The van der Waals surface area contributed by atoms with Crippen molar-refractivity contribution in [3.8, 4) is 11.5 Å². The van der Waals surface area contributed by atoms with Crippen LogP contribution in [0.2, 0.25) is 0 Å². The van der Waals surface area contributed by atoms with Gasteiger partial charge in [0, 0.05) is 10.1 Å². The minimum Gasteiger partial charge on any atom is -0.226 e.